The molecule has 0 unspecified atom stereocenters. The minimum atomic E-state index is -0.0883. The average molecular weight is 1680 g/mol. The monoisotopic (exact) mass is 1680 g/mol. The molecule has 3 aromatic carbocycles. The zero-order valence-corrected chi connectivity index (χ0v) is 76.7. The summed E-state index contributed by atoms with van der Waals surface area (Å²) in [6.07, 6.45) is 52.5. The van der Waals surface area contributed by atoms with Crippen LogP contribution < -0.4 is 0 Å². The fourth-order valence-electron chi connectivity index (χ4n) is 36.2. The molecule has 0 radical (unpaired) electrons. The Morgan fingerprint density at radius 3 is 0.699 bits per heavy atom. The first-order chi connectivity index (χ1) is 58.6. The molecular formula is C111H156O12. The van der Waals surface area contributed by atoms with Crippen molar-refractivity contribution in [2.75, 3.05) is 0 Å². The number of benzene rings is 3. The van der Waals surface area contributed by atoms with Crippen LogP contribution in [-0.4, -0.2) is 99.9 Å². The molecule has 0 heterocycles. The lowest BCUT2D eigenvalue weighted by Gasteiger charge is -2.57. The maximum Gasteiger partial charge on any atom is 0.155 e. The van der Waals surface area contributed by atoms with Crippen LogP contribution in [0.2, 0.25) is 0 Å². The molecule has 24 rings (SSSR count). The molecule has 3 aromatic rings. The summed E-state index contributed by atoms with van der Waals surface area (Å²) in [5.74, 6) is 15.2. The molecule has 123 heavy (non-hydrogen) atoms. The number of ketones is 3. The van der Waals surface area contributed by atoms with Crippen LogP contribution in [0.4, 0.5) is 0 Å². The van der Waals surface area contributed by atoms with Crippen LogP contribution in [0, 0.1) is 138 Å². The van der Waals surface area contributed by atoms with Gasteiger partial charge >= 0.3 is 0 Å². The summed E-state index contributed by atoms with van der Waals surface area (Å²) in [5, 5.41) is 91.5. The topological polar surface area (TPSA) is 233 Å². The van der Waals surface area contributed by atoms with Crippen LogP contribution in [0.15, 0.2) is 89.5 Å². The summed E-state index contributed by atoms with van der Waals surface area (Å²) >= 11 is 0. The van der Waals surface area contributed by atoms with E-state index in [4.69, 9.17) is 0 Å². The zero-order valence-electron chi connectivity index (χ0n) is 76.7. The molecule has 0 saturated heterocycles. The Labute approximate surface area is 737 Å². The van der Waals surface area contributed by atoms with E-state index in [9.17, 15) is 60.3 Å². The third kappa shape index (κ3) is 14.4. The van der Waals surface area contributed by atoms with Crippen molar-refractivity contribution < 1.29 is 60.3 Å². The summed E-state index contributed by atoms with van der Waals surface area (Å²) in [4.78, 5) is 35.4. The number of aromatic hydroxyl groups is 3. The van der Waals surface area contributed by atoms with Crippen molar-refractivity contribution in [1.82, 2.24) is 0 Å². The number of aliphatic hydroxyl groups excluding tert-OH is 6. The molecule has 0 spiro atoms. The Kier molecular flexibility index (Phi) is 23.1. The van der Waals surface area contributed by atoms with Crippen LogP contribution in [0.25, 0.3) is 0 Å². The van der Waals surface area contributed by atoms with Gasteiger partial charge in [0.05, 0.1) is 36.6 Å². The van der Waals surface area contributed by atoms with Crippen LogP contribution in [0.3, 0.4) is 0 Å². The average Bonchev–Trinajstić information content (AvgIpc) is 1.74. The largest absolute Gasteiger partial charge is 0.508 e. The van der Waals surface area contributed by atoms with Crippen LogP contribution in [0.5, 0.6) is 17.2 Å². The highest BCUT2D eigenvalue weighted by molar-refractivity contribution is 5.92. The van der Waals surface area contributed by atoms with Crippen molar-refractivity contribution in [3.05, 3.63) is 123 Å². The molecule has 672 valence electrons. The van der Waals surface area contributed by atoms with E-state index in [1.807, 2.05) is 54.6 Å². The van der Waals surface area contributed by atoms with Crippen LogP contribution >= 0.6 is 0 Å². The summed E-state index contributed by atoms with van der Waals surface area (Å²) < 4.78 is 0. The molecule has 21 aliphatic rings. The van der Waals surface area contributed by atoms with Gasteiger partial charge < -0.3 is 46.0 Å². The number of hydrogen-bond acceptors (Lipinski definition) is 12. The quantitative estimate of drug-likeness (QED) is 0.102. The van der Waals surface area contributed by atoms with E-state index in [1.165, 1.54) is 185 Å². The molecule has 0 aliphatic heterocycles. The van der Waals surface area contributed by atoms with E-state index in [2.05, 4.69) is 80.5 Å². The van der Waals surface area contributed by atoms with Gasteiger partial charge in [0.1, 0.15) is 17.2 Å². The third-order valence-electron chi connectivity index (χ3n) is 43.7. The number of fused-ring (bicyclic) bond motifs is 30. The SMILES string of the molecule is C[C@]12CC[C@@H]3c4ccc(O)cc4CC[C@H]3[C@@H]1CC[C@@H]2O.C[C@]12CC[C@@H]3c4ccc(O)cc4CC[C@H]3[C@@H]1CC[C@@H]2O.C[C@]12CC[C@@H]3c4ccc(O)cc4CC[C@H]3[C@@H]1CC[C@@H]2O.C[C@]12CC[C@H]3[C@@H](CCC4=CC(=O)CC[C@@]43C)[C@@H]1CC[C@@H]2O.C[C@]12CC[C@H]3[C@@H](CCC4=CC(=O)CC[C@@]43C)[C@@H]1CC[C@@H]2O.C[C@]12CC[C@H]3[C@@H](CCC4=CC(=O)CC[C@@]43C)[C@@H]1CC[C@@H]2O. The lowest BCUT2D eigenvalue weighted by Crippen LogP contribution is -2.51. The number of phenols is 3. The van der Waals surface area contributed by atoms with Crippen molar-refractivity contribution in [2.24, 2.45) is 138 Å². The molecule has 9 N–H and O–H groups in total. The number of phenolic OH excluding ortho intramolecular Hbond substituents is 3. The lowest BCUT2D eigenvalue weighted by molar-refractivity contribution is -0.118. The first kappa shape index (κ1) is 87.4. The molecule has 33 atom stereocenters. The van der Waals surface area contributed by atoms with E-state index in [0.717, 1.165) is 188 Å². The molecule has 12 heteroatoms. The second kappa shape index (κ2) is 32.6. The van der Waals surface area contributed by atoms with Crippen molar-refractivity contribution in [2.45, 2.75) is 386 Å². The molecule has 0 aromatic heterocycles. The fraction of sp³-hybridized carbons (Fsp3) is 0.757. The van der Waals surface area contributed by atoms with Crippen molar-refractivity contribution in [1.29, 1.82) is 0 Å². The Morgan fingerprint density at radius 2 is 0.455 bits per heavy atom. The number of aliphatic hydroxyl groups is 6. The minimum absolute atomic E-state index is 0.0823. The molecule has 0 bridgehead atoms. The maximum absolute atomic E-state index is 11.8. The number of carbonyl (C=O) groups excluding carboxylic acids is 3. The molecule has 21 aliphatic carbocycles. The Hall–Kier alpha value is -4.95. The second-order valence-electron chi connectivity index (χ2n) is 48.1. The Balaban J connectivity index is 0.0000000970. The van der Waals surface area contributed by atoms with Gasteiger partial charge in [0.15, 0.2) is 17.3 Å². The lowest BCUT2D eigenvalue weighted by atomic mass is 9.47. The molecule has 15 saturated carbocycles. The van der Waals surface area contributed by atoms with E-state index < -0.39 is 0 Å². The number of carbonyl (C=O) groups is 3. The van der Waals surface area contributed by atoms with E-state index in [-0.39, 0.29) is 85.4 Å². The van der Waals surface area contributed by atoms with Gasteiger partial charge in [0.2, 0.25) is 0 Å². The van der Waals surface area contributed by atoms with Gasteiger partial charge in [-0.05, 0) is 494 Å². The highest BCUT2D eigenvalue weighted by atomic mass is 16.3. The normalized spacial score (nSPS) is 47.8. The van der Waals surface area contributed by atoms with E-state index in [0.29, 0.717) is 87.9 Å². The molecule has 15 fully saturated rings. The first-order valence-electron chi connectivity index (χ1n) is 50.9. The predicted molar refractivity (Wildman–Crippen MR) is 484 cm³/mol. The van der Waals surface area contributed by atoms with E-state index in [1.54, 1.807) is 0 Å². The molecular weight excluding hydrogens is 1530 g/mol. The number of rotatable bonds is 0. The van der Waals surface area contributed by atoms with Crippen LogP contribution in [0.1, 0.15) is 364 Å². The number of hydrogen-bond donors (Lipinski definition) is 9. The first-order valence-corrected chi connectivity index (χ1v) is 50.9. The summed E-state index contributed by atoms with van der Waals surface area (Å²) in [7, 11) is 0. The smallest absolute Gasteiger partial charge is 0.155 e. The van der Waals surface area contributed by atoms with Gasteiger partial charge in [0, 0.05) is 19.3 Å². The summed E-state index contributed by atoms with van der Waals surface area (Å²) in [6, 6.07) is 17.9. The number of allylic oxidation sites excluding steroid dienone is 3. The van der Waals surface area contributed by atoms with Gasteiger partial charge in [-0.2, -0.15) is 0 Å². The second-order valence-corrected chi connectivity index (χ2v) is 48.1. The molecule has 12 nitrogen and oxygen atoms in total. The van der Waals surface area contributed by atoms with Crippen molar-refractivity contribution in [3.63, 3.8) is 0 Å². The fourth-order valence-corrected chi connectivity index (χ4v) is 36.2. The summed E-state index contributed by atoms with van der Waals surface area (Å²) in [6.45, 7) is 21.2. The zero-order chi connectivity index (χ0) is 86.2. The minimum Gasteiger partial charge on any atom is -0.508 e. The molecule has 0 amide bonds. The van der Waals surface area contributed by atoms with Gasteiger partial charge in [-0.25, -0.2) is 0 Å². The van der Waals surface area contributed by atoms with Gasteiger partial charge in [-0.3, -0.25) is 14.4 Å². The highest BCUT2D eigenvalue weighted by Crippen LogP contribution is 2.71. The van der Waals surface area contributed by atoms with Crippen molar-refractivity contribution >= 4 is 17.3 Å². The van der Waals surface area contributed by atoms with Gasteiger partial charge in [-0.15, -0.1) is 0 Å². The standard InChI is InChI=1S/3C19H28O2.3C18H24O2/c3*1-18-9-7-13(20)11-12(18)3-4-14-15-5-6-17(21)19(15,2)10-8-16(14)18;3*1-18-9-8-14-13-5-3-12(19)10-11(13)2-4-15(14)16(18)6-7-17(18)20/h3*11,14-17,21H,3-10H2,1-2H3;3*3,5,10,14-17,19-20H,2,4,6-9H2,1H3/t3*14-,15-,16-,17-,18-,19-;3*14-,15-,16+,17+,18+/m000111/s1. The van der Waals surface area contributed by atoms with Gasteiger partial charge in [-0.1, -0.05) is 97.2 Å². The Bertz CT molecular complexity index is 4160. The Morgan fingerprint density at radius 1 is 0.236 bits per heavy atom. The van der Waals surface area contributed by atoms with E-state index >= 15 is 0 Å². The highest BCUT2D eigenvalue weighted by Gasteiger charge is 2.64. The predicted octanol–water partition coefficient (Wildman–Crippen LogP) is 22.5. The summed E-state index contributed by atoms with van der Waals surface area (Å²) in [5.41, 5.74) is 14.6. The number of aryl methyl sites for hydroxylation is 3. The van der Waals surface area contributed by atoms with Crippen LogP contribution in [-0.2, 0) is 33.6 Å². The van der Waals surface area contributed by atoms with Gasteiger partial charge in [0.25, 0.3) is 0 Å². The van der Waals surface area contributed by atoms with Crippen molar-refractivity contribution in [3.8, 4) is 17.2 Å². The third-order valence-corrected chi connectivity index (χ3v) is 43.7. The maximum atomic E-state index is 11.8.